The minimum absolute atomic E-state index is 0.135. The van der Waals surface area contributed by atoms with Gasteiger partial charge in [-0.2, -0.15) is 0 Å². The van der Waals surface area contributed by atoms with E-state index in [1.807, 2.05) is 0 Å². The van der Waals surface area contributed by atoms with E-state index in [0.29, 0.717) is 10.1 Å². The van der Waals surface area contributed by atoms with Crippen LogP contribution < -0.4 is 0 Å². The van der Waals surface area contributed by atoms with Crippen molar-refractivity contribution in [2.75, 3.05) is 13.2 Å². The van der Waals surface area contributed by atoms with Gasteiger partial charge in [0.25, 0.3) is 0 Å². The number of halogens is 2. The number of rotatable bonds is 6. The smallest absolute Gasteiger partial charge is 0.339 e. The van der Waals surface area contributed by atoms with Crippen molar-refractivity contribution in [1.29, 1.82) is 0 Å². The second-order valence-corrected chi connectivity index (χ2v) is 6.34. The molecule has 1 aliphatic carbocycles. The van der Waals surface area contributed by atoms with Crippen molar-refractivity contribution in [3.05, 3.63) is 47.5 Å². The summed E-state index contributed by atoms with van der Waals surface area (Å²) in [6.07, 6.45) is 6.35. The van der Waals surface area contributed by atoms with Crippen LogP contribution >= 0.6 is 31.9 Å². The van der Waals surface area contributed by atoms with Gasteiger partial charge in [-0.1, -0.05) is 63.2 Å². The van der Waals surface area contributed by atoms with Gasteiger partial charge >= 0.3 is 11.9 Å². The highest BCUT2D eigenvalue weighted by atomic mass is 79.9. The Morgan fingerprint density at radius 1 is 1.30 bits per heavy atom. The molecule has 0 heterocycles. The van der Waals surface area contributed by atoms with E-state index in [4.69, 9.17) is 9.47 Å². The Morgan fingerprint density at radius 3 is 2.45 bits per heavy atom. The summed E-state index contributed by atoms with van der Waals surface area (Å²) in [7, 11) is 0. The average Bonchev–Trinajstić information content (AvgIpc) is 2.42. The Balaban J connectivity index is 2.80. The van der Waals surface area contributed by atoms with Crippen LogP contribution in [0.5, 0.6) is 0 Å². The molecule has 0 aromatic carbocycles. The number of ether oxygens (including phenoxy) is 2. The van der Waals surface area contributed by atoms with Crippen LogP contribution in [0.4, 0.5) is 0 Å². The third-order valence-electron chi connectivity index (χ3n) is 2.44. The molecule has 0 saturated heterocycles. The second-order valence-electron chi connectivity index (χ2n) is 3.97. The van der Waals surface area contributed by atoms with Gasteiger partial charge in [-0.25, -0.2) is 4.79 Å². The molecular formula is C14H14Br2O4. The number of allylic oxidation sites excluding steroid dienone is 1. The maximum Gasteiger partial charge on any atom is 0.339 e. The molecule has 1 unspecified atom stereocenters. The summed E-state index contributed by atoms with van der Waals surface area (Å²) in [6, 6.07) is 0. The molecule has 0 bridgehead atoms. The van der Waals surface area contributed by atoms with Gasteiger partial charge in [0.1, 0.15) is 17.5 Å². The molecule has 1 atom stereocenters. The summed E-state index contributed by atoms with van der Waals surface area (Å²) < 4.78 is 9.55. The third kappa shape index (κ3) is 4.18. The molecule has 0 radical (unpaired) electrons. The molecule has 1 rings (SSSR count). The molecule has 20 heavy (non-hydrogen) atoms. The second kappa shape index (κ2) is 7.59. The normalized spacial score (nSPS) is 21.3. The average molecular weight is 406 g/mol. The highest BCUT2D eigenvalue weighted by Crippen LogP contribution is 2.38. The van der Waals surface area contributed by atoms with Gasteiger partial charge in [-0.3, -0.25) is 4.79 Å². The Kier molecular flexibility index (Phi) is 6.42. The minimum Gasteiger partial charge on any atom is -0.460 e. The lowest BCUT2D eigenvalue weighted by molar-refractivity contribution is -0.144. The van der Waals surface area contributed by atoms with Gasteiger partial charge in [0.2, 0.25) is 0 Å². The van der Waals surface area contributed by atoms with Crippen LogP contribution in [-0.2, 0) is 19.1 Å². The van der Waals surface area contributed by atoms with E-state index in [9.17, 15) is 9.59 Å². The van der Waals surface area contributed by atoms with Gasteiger partial charge < -0.3 is 9.47 Å². The van der Waals surface area contributed by atoms with E-state index in [1.165, 1.54) is 18.2 Å². The molecule has 0 aliphatic heterocycles. The first-order valence-corrected chi connectivity index (χ1v) is 7.36. The minimum atomic E-state index is -0.989. The first-order valence-electron chi connectivity index (χ1n) is 5.77. The van der Waals surface area contributed by atoms with Crippen molar-refractivity contribution in [3.63, 3.8) is 0 Å². The molecule has 6 heteroatoms. The highest BCUT2D eigenvalue weighted by Gasteiger charge is 2.38. The first kappa shape index (κ1) is 16.9. The molecule has 0 spiro atoms. The monoisotopic (exact) mass is 404 g/mol. The molecule has 0 aromatic rings. The summed E-state index contributed by atoms with van der Waals surface area (Å²) in [5.41, 5.74) is 0.374. The zero-order valence-corrected chi connectivity index (χ0v) is 13.9. The molecule has 1 aliphatic rings. The number of hydrogen-bond acceptors (Lipinski definition) is 4. The van der Waals surface area contributed by atoms with Crippen molar-refractivity contribution in [3.8, 4) is 0 Å². The van der Waals surface area contributed by atoms with E-state index < -0.39 is 16.3 Å². The van der Waals surface area contributed by atoms with Crippen molar-refractivity contribution < 1.29 is 19.1 Å². The molecule has 0 saturated carbocycles. The molecule has 4 nitrogen and oxygen atoms in total. The van der Waals surface area contributed by atoms with Gasteiger partial charge in [0.05, 0.1) is 5.57 Å². The lowest BCUT2D eigenvalue weighted by Gasteiger charge is -2.25. The van der Waals surface area contributed by atoms with Gasteiger partial charge in [0.15, 0.2) is 0 Å². The maximum absolute atomic E-state index is 11.9. The number of alkyl halides is 1. The summed E-state index contributed by atoms with van der Waals surface area (Å²) in [5.74, 6) is -0.911. The SMILES string of the molecule is C=CCOC(=O)C1=C(Br)CC(Br)(C(=O)OCC=C)C=C1. The summed E-state index contributed by atoms with van der Waals surface area (Å²) in [4.78, 5) is 23.7. The number of carbonyl (C=O) groups is 2. The zero-order valence-electron chi connectivity index (χ0n) is 10.7. The van der Waals surface area contributed by atoms with E-state index in [2.05, 4.69) is 45.0 Å². The Labute approximate surface area is 134 Å². The molecule has 0 fully saturated rings. The summed E-state index contributed by atoms with van der Waals surface area (Å²) >= 11 is 6.64. The fraction of sp³-hybridized carbons (Fsp3) is 0.286. The Bertz CT molecular complexity index is 493. The molecule has 108 valence electrons. The van der Waals surface area contributed by atoms with Gasteiger partial charge in [-0.15, -0.1) is 0 Å². The Hall–Kier alpha value is -1.14. The van der Waals surface area contributed by atoms with Crippen LogP contribution in [0.25, 0.3) is 0 Å². The van der Waals surface area contributed by atoms with Crippen LogP contribution in [0.1, 0.15) is 6.42 Å². The standard InChI is InChI=1S/C14H14Br2O4/c1-3-7-19-12(17)10-5-6-14(16,9-11(10)15)13(18)20-8-4-2/h3-6H,1-2,7-9H2. The van der Waals surface area contributed by atoms with Crippen LogP contribution in [0.15, 0.2) is 47.5 Å². The summed E-state index contributed by atoms with van der Waals surface area (Å²) in [5, 5.41) is 0. The van der Waals surface area contributed by atoms with Crippen molar-refractivity contribution in [2.45, 2.75) is 10.7 Å². The fourth-order valence-electron chi connectivity index (χ4n) is 1.47. The van der Waals surface area contributed by atoms with Crippen LogP contribution in [0.3, 0.4) is 0 Å². The van der Waals surface area contributed by atoms with E-state index >= 15 is 0 Å². The topological polar surface area (TPSA) is 52.6 Å². The third-order valence-corrected chi connectivity index (χ3v) is 4.02. The molecule has 0 aromatic heterocycles. The first-order chi connectivity index (χ1) is 9.44. The lowest BCUT2D eigenvalue weighted by Crippen LogP contribution is -2.34. The van der Waals surface area contributed by atoms with Crippen molar-refractivity contribution in [1.82, 2.24) is 0 Å². The molecule has 0 amide bonds. The number of hydrogen-bond donors (Lipinski definition) is 0. The maximum atomic E-state index is 11.9. The van der Waals surface area contributed by atoms with Gasteiger partial charge in [-0.05, 0) is 6.08 Å². The number of carbonyl (C=O) groups excluding carboxylic acids is 2. The number of esters is 2. The van der Waals surface area contributed by atoms with Crippen LogP contribution in [0, 0.1) is 0 Å². The largest absolute Gasteiger partial charge is 0.460 e. The van der Waals surface area contributed by atoms with E-state index in [0.717, 1.165) is 0 Å². The van der Waals surface area contributed by atoms with Crippen molar-refractivity contribution in [2.24, 2.45) is 0 Å². The predicted molar refractivity (Wildman–Crippen MR) is 83.7 cm³/mol. The fourth-order valence-corrected chi connectivity index (χ4v) is 3.11. The zero-order chi connectivity index (χ0) is 15.2. The van der Waals surface area contributed by atoms with Crippen molar-refractivity contribution >= 4 is 43.8 Å². The van der Waals surface area contributed by atoms with Crippen LogP contribution in [0.2, 0.25) is 0 Å². The molecule has 0 N–H and O–H groups in total. The van der Waals surface area contributed by atoms with E-state index in [1.54, 1.807) is 6.08 Å². The predicted octanol–water partition coefficient (Wildman–Crippen LogP) is 3.19. The Morgan fingerprint density at radius 2 is 1.90 bits per heavy atom. The highest BCUT2D eigenvalue weighted by molar-refractivity contribution is 9.12. The molecular weight excluding hydrogens is 392 g/mol. The quantitative estimate of drug-likeness (QED) is 0.387. The van der Waals surface area contributed by atoms with Crippen LogP contribution in [-0.4, -0.2) is 29.5 Å². The van der Waals surface area contributed by atoms with Gasteiger partial charge in [0, 0.05) is 10.9 Å². The van der Waals surface area contributed by atoms with E-state index in [-0.39, 0.29) is 19.6 Å². The lowest BCUT2D eigenvalue weighted by atomic mass is 9.96. The summed E-state index contributed by atoms with van der Waals surface area (Å²) in [6.45, 7) is 7.22.